The molecule has 162 valence electrons. The number of nitro groups is 1. The molecule has 2 amide bonds. The van der Waals surface area contributed by atoms with Gasteiger partial charge in [0.1, 0.15) is 0 Å². The molecule has 1 aliphatic carbocycles. The standard InChI is InChI=1S/C22H24N4O4S/c1-25(16-9-3-2-4-10-16)21(28)18-12-5-6-13-19(18)23-22(31)24-20(27)15-8-7-11-17(14-15)26(29)30/h5-8,11-14,16H,2-4,9-10H2,1H3,(H2,23,24,27,31). The second kappa shape index (κ2) is 10.1. The molecule has 8 nitrogen and oxygen atoms in total. The molecule has 0 atom stereocenters. The number of thiocarbonyl (C=S) groups is 1. The van der Waals surface area contributed by atoms with Crippen molar-refractivity contribution in [3.63, 3.8) is 0 Å². The van der Waals surface area contributed by atoms with Gasteiger partial charge in [-0.15, -0.1) is 0 Å². The highest BCUT2D eigenvalue weighted by Crippen LogP contribution is 2.25. The fourth-order valence-corrected chi connectivity index (χ4v) is 3.89. The van der Waals surface area contributed by atoms with Gasteiger partial charge in [-0.2, -0.15) is 0 Å². The summed E-state index contributed by atoms with van der Waals surface area (Å²) in [7, 11) is 1.82. The Labute approximate surface area is 185 Å². The van der Waals surface area contributed by atoms with E-state index in [4.69, 9.17) is 12.2 Å². The highest BCUT2D eigenvalue weighted by Gasteiger charge is 2.24. The van der Waals surface area contributed by atoms with Crippen LogP contribution in [0.25, 0.3) is 0 Å². The van der Waals surface area contributed by atoms with E-state index in [1.807, 2.05) is 7.05 Å². The average molecular weight is 441 g/mol. The first-order valence-corrected chi connectivity index (χ1v) is 10.5. The normalized spacial score (nSPS) is 13.8. The summed E-state index contributed by atoms with van der Waals surface area (Å²) in [6.45, 7) is 0. The maximum absolute atomic E-state index is 13.1. The number of anilines is 1. The number of non-ortho nitro benzene ring substituents is 1. The van der Waals surface area contributed by atoms with Crippen LogP contribution >= 0.6 is 12.2 Å². The lowest BCUT2D eigenvalue weighted by molar-refractivity contribution is -0.384. The summed E-state index contributed by atoms with van der Waals surface area (Å²) >= 11 is 5.23. The largest absolute Gasteiger partial charge is 0.339 e. The molecule has 9 heteroatoms. The lowest BCUT2D eigenvalue weighted by Crippen LogP contribution is -2.39. The van der Waals surface area contributed by atoms with E-state index in [0.717, 1.165) is 25.7 Å². The van der Waals surface area contributed by atoms with E-state index in [9.17, 15) is 19.7 Å². The van der Waals surface area contributed by atoms with E-state index in [1.54, 1.807) is 29.2 Å². The summed E-state index contributed by atoms with van der Waals surface area (Å²) < 4.78 is 0. The van der Waals surface area contributed by atoms with Crippen LogP contribution in [0.5, 0.6) is 0 Å². The first-order valence-electron chi connectivity index (χ1n) is 10.1. The van der Waals surface area contributed by atoms with Crippen LogP contribution in [-0.4, -0.2) is 39.8 Å². The van der Waals surface area contributed by atoms with Crippen LogP contribution in [0, 0.1) is 10.1 Å². The maximum Gasteiger partial charge on any atom is 0.270 e. The predicted molar refractivity (Wildman–Crippen MR) is 122 cm³/mol. The van der Waals surface area contributed by atoms with Crippen molar-refractivity contribution in [3.05, 3.63) is 69.8 Å². The fraction of sp³-hybridized carbons (Fsp3) is 0.318. The Morgan fingerprint density at radius 1 is 1.10 bits per heavy atom. The molecule has 0 heterocycles. The van der Waals surface area contributed by atoms with Gasteiger partial charge in [0.2, 0.25) is 0 Å². The monoisotopic (exact) mass is 440 g/mol. The third-order valence-electron chi connectivity index (χ3n) is 5.39. The zero-order valence-corrected chi connectivity index (χ0v) is 18.0. The average Bonchev–Trinajstić information content (AvgIpc) is 2.79. The minimum atomic E-state index is -0.579. The molecule has 1 aliphatic rings. The van der Waals surface area contributed by atoms with Gasteiger partial charge in [-0.25, -0.2) is 0 Å². The molecule has 0 aromatic heterocycles. The summed E-state index contributed by atoms with van der Waals surface area (Å²) in [6.07, 6.45) is 5.44. The Morgan fingerprint density at radius 2 is 1.81 bits per heavy atom. The Bertz CT molecular complexity index is 1000. The van der Waals surface area contributed by atoms with E-state index >= 15 is 0 Å². The van der Waals surface area contributed by atoms with Crippen LogP contribution in [0.15, 0.2) is 48.5 Å². The predicted octanol–water partition coefficient (Wildman–Crippen LogP) is 4.13. The lowest BCUT2D eigenvalue weighted by Gasteiger charge is -2.31. The van der Waals surface area contributed by atoms with Gasteiger partial charge in [0, 0.05) is 30.8 Å². The van der Waals surface area contributed by atoms with Crippen molar-refractivity contribution in [2.75, 3.05) is 12.4 Å². The Balaban J connectivity index is 1.69. The van der Waals surface area contributed by atoms with Gasteiger partial charge in [-0.3, -0.25) is 25.0 Å². The molecule has 3 rings (SSSR count). The second-order valence-electron chi connectivity index (χ2n) is 7.47. The maximum atomic E-state index is 13.1. The molecule has 0 unspecified atom stereocenters. The van der Waals surface area contributed by atoms with Gasteiger partial charge >= 0.3 is 0 Å². The molecular weight excluding hydrogens is 416 g/mol. The first-order chi connectivity index (χ1) is 14.9. The number of carbonyl (C=O) groups excluding carboxylic acids is 2. The van der Waals surface area contributed by atoms with Crippen molar-refractivity contribution in [3.8, 4) is 0 Å². The van der Waals surface area contributed by atoms with Gasteiger partial charge < -0.3 is 10.2 Å². The number of para-hydroxylation sites is 1. The highest BCUT2D eigenvalue weighted by atomic mass is 32.1. The van der Waals surface area contributed by atoms with Crippen molar-refractivity contribution in [1.82, 2.24) is 10.2 Å². The SMILES string of the molecule is CN(C(=O)c1ccccc1NC(=S)NC(=O)c1cccc([N+](=O)[O-])c1)C1CCCCC1. The van der Waals surface area contributed by atoms with E-state index in [0.29, 0.717) is 11.3 Å². The van der Waals surface area contributed by atoms with Crippen LogP contribution in [0.2, 0.25) is 0 Å². The lowest BCUT2D eigenvalue weighted by atomic mass is 9.94. The van der Waals surface area contributed by atoms with Crippen molar-refractivity contribution < 1.29 is 14.5 Å². The van der Waals surface area contributed by atoms with Gasteiger partial charge in [-0.05, 0) is 43.3 Å². The molecule has 2 N–H and O–H groups in total. The number of nitrogens with zero attached hydrogens (tertiary/aromatic N) is 2. The van der Waals surface area contributed by atoms with Crippen LogP contribution in [0.4, 0.5) is 11.4 Å². The van der Waals surface area contributed by atoms with E-state index in [1.165, 1.54) is 30.7 Å². The van der Waals surface area contributed by atoms with Crippen molar-refractivity contribution in [2.45, 2.75) is 38.1 Å². The topological polar surface area (TPSA) is 105 Å². The number of amides is 2. The molecular formula is C22H24N4O4S. The molecule has 2 aromatic rings. The molecule has 0 spiro atoms. The van der Waals surface area contributed by atoms with E-state index in [2.05, 4.69) is 10.6 Å². The van der Waals surface area contributed by atoms with E-state index in [-0.39, 0.29) is 28.3 Å². The summed E-state index contributed by atoms with van der Waals surface area (Å²) in [5.74, 6) is -0.688. The summed E-state index contributed by atoms with van der Waals surface area (Å²) in [6, 6.07) is 12.6. The third kappa shape index (κ3) is 5.64. The van der Waals surface area contributed by atoms with Crippen molar-refractivity contribution in [2.24, 2.45) is 0 Å². The van der Waals surface area contributed by atoms with Crippen LogP contribution in [-0.2, 0) is 0 Å². The molecule has 2 aromatic carbocycles. The van der Waals surface area contributed by atoms with Crippen LogP contribution < -0.4 is 10.6 Å². The Morgan fingerprint density at radius 3 is 2.52 bits per heavy atom. The smallest absolute Gasteiger partial charge is 0.270 e. The van der Waals surface area contributed by atoms with Gasteiger partial charge in [0.15, 0.2) is 5.11 Å². The van der Waals surface area contributed by atoms with E-state index < -0.39 is 10.8 Å². The Hall–Kier alpha value is -3.33. The molecule has 31 heavy (non-hydrogen) atoms. The molecule has 0 aliphatic heterocycles. The zero-order chi connectivity index (χ0) is 22.4. The summed E-state index contributed by atoms with van der Waals surface area (Å²) in [5.41, 5.74) is 0.870. The highest BCUT2D eigenvalue weighted by molar-refractivity contribution is 7.80. The number of hydrogen-bond donors (Lipinski definition) is 2. The van der Waals surface area contributed by atoms with Crippen molar-refractivity contribution >= 4 is 40.5 Å². The number of carbonyl (C=O) groups is 2. The fourth-order valence-electron chi connectivity index (χ4n) is 3.69. The molecule has 1 saturated carbocycles. The number of benzene rings is 2. The zero-order valence-electron chi connectivity index (χ0n) is 17.2. The minimum Gasteiger partial charge on any atom is -0.339 e. The van der Waals surface area contributed by atoms with Crippen LogP contribution in [0.1, 0.15) is 52.8 Å². The van der Waals surface area contributed by atoms with Gasteiger partial charge in [0.05, 0.1) is 16.2 Å². The van der Waals surface area contributed by atoms with Crippen molar-refractivity contribution in [1.29, 1.82) is 0 Å². The third-order valence-corrected chi connectivity index (χ3v) is 5.60. The quantitative estimate of drug-likeness (QED) is 0.412. The number of hydrogen-bond acceptors (Lipinski definition) is 5. The summed E-state index contributed by atoms with van der Waals surface area (Å²) in [5, 5.41) is 16.3. The van der Waals surface area contributed by atoms with Gasteiger partial charge in [-0.1, -0.05) is 37.5 Å². The first kappa shape index (κ1) is 22.4. The minimum absolute atomic E-state index is 0.00271. The molecule has 1 fully saturated rings. The number of nitrogens with one attached hydrogen (secondary N) is 2. The Kier molecular flexibility index (Phi) is 7.30. The number of nitro benzene ring substituents is 1. The molecule has 0 saturated heterocycles. The second-order valence-corrected chi connectivity index (χ2v) is 7.88. The van der Waals surface area contributed by atoms with Gasteiger partial charge in [0.25, 0.3) is 17.5 Å². The number of rotatable bonds is 5. The summed E-state index contributed by atoms with van der Waals surface area (Å²) in [4.78, 5) is 37.6. The van der Waals surface area contributed by atoms with Crippen LogP contribution in [0.3, 0.4) is 0 Å². The molecule has 0 radical (unpaired) electrons. The molecule has 0 bridgehead atoms.